The van der Waals surface area contributed by atoms with Crippen LogP contribution in [0.2, 0.25) is 5.02 Å². The van der Waals surface area contributed by atoms with Crippen LogP contribution in [0.25, 0.3) is 17.2 Å². The molecule has 6 aromatic carbocycles. The summed E-state index contributed by atoms with van der Waals surface area (Å²) in [6.45, 7) is 5.74. The summed E-state index contributed by atoms with van der Waals surface area (Å²) >= 11 is 6.88. The Balaban J connectivity index is 0.881. The normalized spacial score (nSPS) is 13.5. The fourth-order valence-corrected chi connectivity index (χ4v) is 8.70. The van der Waals surface area contributed by atoms with Crippen LogP contribution in [0.5, 0.6) is 28.7 Å². The van der Waals surface area contributed by atoms with E-state index in [9.17, 15) is 19.2 Å². The van der Waals surface area contributed by atoms with Crippen LogP contribution in [0, 0.1) is 6.92 Å². The van der Waals surface area contributed by atoms with Crippen LogP contribution >= 0.6 is 11.6 Å². The van der Waals surface area contributed by atoms with Gasteiger partial charge in [0.2, 0.25) is 11.8 Å². The molecule has 1 heterocycles. The third kappa shape index (κ3) is 15.2. The highest BCUT2D eigenvalue weighted by Crippen LogP contribution is 2.36. The van der Waals surface area contributed by atoms with Crippen LogP contribution in [-0.2, 0) is 45.4 Å². The summed E-state index contributed by atoms with van der Waals surface area (Å²) in [6.07, 6.45) is 5.77. The highest BCUT2D eigenvalue weighted by molar-refractivity contribution is 6.32. The average molecular weight is 1010 g/mol. The van der Waals surface area contributed by atoms with E-state index in [1.165, 1.54) is 6.08 Å². The van der Waals surface area contributed by atoms with Crippen LogP contribution in [-0.4, -0.2) is 75.0 Å². The van der Waals surface area contributed by atoms with E-state index in [0.717, 1.165) is 51.8 Å². The van der Waals surface area contributed by atoms with Gasteiger partial charge in [0.15, 0.2) is 23.9 Å². The summed E-state index contributed by atoms with van der Waals surface area (Å²) in [5.74, 6) is 1.58. The lowest BCUT2D eigenvalue weighted by atomic mass is 9.97. The maximum atomic E-state index is 13.7. The molecule has 2 N–H and O–H groups in total. The third-order valence-electron chi connectivity index (χ3n) is 12.5. The standard InChI is InChI=1S/C59H62ClN3O10/c1-5-70-58(66)39-73-54-34-55(72-38-46-14-11-15-49(40(46)2)44-12-7-6-8-13-44)50(60)33-47(54)36-63-31-10-9-16-51(63)59(67)61-30-29-57(65)62-35-42-17-19-43(20-18-42)37-71-53-28-22-41(32-56(53)69-4)21-27-52(64)45-23-25-48(68-3)26-24-45/h6-8,11-15,17-28,32-34,51H,5,9-10,16,29-31,35-39H2,1-4H3,(H,61,67)(H,62,65)/b27-21+. The molecule has 1 saturated heterocycles. The Bertz CT molecular complexity index is 2850. The second kappa shape index (κ2) is 26.7. The van der Waals surface area contributed by atoms with E-state index in [2.05, 4.69) is 40.7 Å². The van der Waals surface area contributed by atoms with Gasteiger partial charge >= 0.3 is 5.97 Å². The largest absolute Gasteiger partial charge is 0.497 e. The molecule has 1 fully saturated rings. The van der Waals surface area contributed by atoms with Crippen LogP contribution in [0.4, 0.5) is 0 Å². The van der Waals surface area contributed by atoms with Gasteiger partial charge in [0.05, 0.1) is 31.9 Å². The fourth-order valence-electron chi connectivity index (χ4n) is 8.46. The van der Waals surface area contributed by atoms with Crippen LogP contribution in [0.3, 0.4) is 0 Å². The van der Waals surface area contributed by atoms with Gasteiger partial charge in [-0.2, -0.15) is 0 Å². The van der Waals surface area contributed by atoms with Crippen molar-refractivity contribution in [2.75, 3.05) is 40.5 Å². The monoisotopic (exact) mass is 1010 g/mol. The molecule has 380 valence electrons. The maximum Gasteiger partial charge on any atom is 0.344 e. The Morgan fingerprint density at radius 3 is 2.25 bits per heavy atom. The number of benzene rings is 6. The number of carbonyl (C=O) groups is 4. The molecule has 0 spiro atoms. The Labute approximate surface area is 432 Å². The number of carbonyl (C=O) groups excluding carboxylic acids is 4. The number of esters is 1. The quantitative estimate of drug-likeness (QED) is 0.0339. The molecular formula is C59H62ClN3O10. The van der Waals surface area contributed by atoms with Gasteiger partial charge in [0.25, 0.3) is 0 Å². The second-order valence-electron chi connectivity index (χ2n) is 17.5. The first kappa shape index (κ1) is 53.2. The number of nitrogens with one attached hydrogen (secondary N) is 2. The molecule has 2 amide bonds. The molecule has 0 radical (unpaired) electrons. The molecule has 0 aromatic heterocycles. The molecule has 1 aliphatic rings. The third-order valence-corrected chi connectivity index (χ3v) is 12.8. The number of likely N-dealkylation sites (tertiary alicyclic amines) is 1. The summed E-state index contributed by atoms with van der Waals surface area (Å²) < 4.78 is 34.3. The number of ketones is 1. The minimum atomic E-state index is -0.508. The van der Waals surface area contributed by atoms with Crippen molar-refractivity contribution in [3.8, 4) is 39.9 Å². The molecule has 1 atom stereocenters. The van der Waals surface area contributed by atoms with E-state index in [0.29, 0.717) is 71.0 Å². The Morgan fingerprint density at radius 2 is 1.49 bits per heavy atom. The molecule has 6 aromatic rings. The van der Waals surface area contributed by atoms with Crippen molar-refractivity contribution in [2.45, 2.75) is 71.9 Å². The van der Waals surface area contributed by atoms with Crippen molar-refractivity contribution in [2.24, 2.45) is 0 Å². The van der Waals surface area contributed by atoms with Gasteiger partial charge < -0.3 is 39.1 Å². The van der Waals surface area contributed by atoms with Gasteiger partial charge in [-0.25, -0.2) is 4.79 Å². The molecule has 0 bridgehead atoms. The number of hydrogen-bond acceptors (Lipinski definition) is 11. The average Bonchev–Trinajstić information content (AvgIpc) is 3.41. The lowest BCUT2D eigenvalue weighted by Crippen LogP contribution is -2.49. The number of rotatable bonds is 24. The Kier molecular flexibility index (Phi) is 19.5. The number of hydrogen-bond donors (Lipinski definition) is 2. The van der Waals surface area contributed by atoms with Gasteiger partial charge in [-0.05, 0) is 121 Å². The number of nitrogens with zero attached hydrogens (tertiary/aromatic N) is 1. The summed E-state index contributed by atoms with van der Waals surface area (Å²) in [6, 6.07) is 39.4. The van der Waals surface area contributed by atoms with E-state index in [-0.39, 0.29) is 57.0 Å². The molecule has 73 heavy (non-hydrogen) atoms. The maximum absolute atomic E-state index is 13.7. The number of amides is 2. The number of methoxy groups -OCH3 is 2. The number of allylic oxidation sites excluding steroid dienone is 1. The predicted octanol–water partition coefficient (Wildman–Crippen LogP) is 10.5. The summed E-state index contributed by atoms with van der Waals surface area (Å²) in [7, 11) is 3.14. The minimum Gasteiger partial charge on any atom is -0.497 e. The highest BCUT2D eigenvalue weighted by Gasteiger charge is 2.30. The van der Waals surface area contributed by atoms with Crippen LogP contribution in [0.15, 0.2) is 133 Å². The molecule has 14 heteroatoms. The summed E-state index contributed by atoms with van der Waals surface area (Å²) in [5.41, 5.74) is 8.19. The SMILES string of the molecule is CCOC(=O)COc1cc(OCc2cccc(-c3ccccc3)c2C)c(Cl)cc1CN1CCCCC1C(=O)NCCC(=O)NCc1ccc(COc2ccc(/C=C/C(=O)c3ccc(OC)cc3)cc2OC)cc1. The second-order valence-corrected chi connectivity index (χ2v) is 17.9. The summed E-state index contributed by atoms with van der Waals surface area (Å²) in [5, 5.41) is 6.30. The van der Waals surface area contributed by atoms with E-state index in [1.807, 2.05) is 66.7 Å². The molecule has 0 saturated carbocycles. The first-order valence-corrected chi connectivity index (χ1v) is 24.8. The molecule has 1 unspecified atom stereocenters. The van der Waals surface area contributed by atoms with Crippen molar-refractivity contribution >= 4 is 41.2 Å². The van der Waals surface area contributed by atoms with E-state index in [1.54, 1.807) is 69.7 Å². The predicted molar refractivity (Wildman–Crippen MR) is 282 cm³/mol. The molecule has 13 nitrogen and oxygen atoms in total. The molecule has 1 aliphatic heterocycles. The zero-order chi connectivity index (χ0) is 51.5. The number of halogens is 1. The fraction of sp³-hybridized carbons (Fsp3) is 0.288. The first-order valence-electron chi connectivity index (χ1n) is 24.4. The molecule has 0 aliphatic carbocycles. The minimum absolute atomic E-state index is 0.110. The zero-order valence-electron chi connectivity index (χ0n) is 41.7. The van der Waals surface area contributed by atoms with Crippen LogP contribution in [0.1, 0.15) is 76.3 Å². The van der Waals surface area contributed by atoms with Crippen molar-refractivity contribution in [3.63, 3.8) is 0 Å². The van der Waals surface area contributed by atoms with Crippen molar-refractivity contribution in [1.82, 2.24) is 15.5 Å². The van der Waals surface area contributed by atoms with Gasteiger partial charge in [-0.3, -0.25) is 19.3 Å². The Hall–Kier alpha value is -7.61. The van der Waals surface area contributed by atoms with E-state index in [4.69, 9.17) is 40.0 Å². The zero-order valence-corrected chi connectivity index (χ0v) is 42.5. The number of piperidine rings is 1. The van der Waals surface area contributed by atoms with Crippen molar-refractivity contribution < 1.29 is 47.6 Å². The lowest BCUT2D eigenvalue weighted by Gasteiger charge is -2.35. The van der Waals surface area contributed by atoms with Crippen molar-refractivity contribution in [1.29, 1.82) is 0 Å². The van der Waals surface area contributed by atoms with E-state index >= 15 is 0 Å². The van der Waals surface area contributed by atoms with Gasteiger partial charge in [-0.1, -0.05) is 103 Å². The lowest BCUT2D eigenvalue weighted by molar-refractivity contribution is -0.145. The topological polar surface area (TPSA) is 151 Å². The van der Waals surface area contributed by atoms with Gasteiger partial charge in [0, 0.05) is 43.2 Å². The van der Waals surface area contributed by atoms with Gasteiger partial charge in [-0.15, -0.1) is 0 Å². The highest BCUT2D eigenvalue weighted by atomic mass is 35.5. The van der Waals surface area contributed by atoms with Crippen molar-refractivity contribution in [3.05, 3.63) is 177 Å². The van der Waals surface area contributed by atoms with E-state index < -0.39 is 12.0 Å². The van der Waals surface area contributed by atoms with Crippen LogP contribution < -0.4 is 34.3 Å². The Morgan fingerprint density at radius 1 is 0.726 bits per heavy atom. The molecule has 7 rings (SSSR count). The number of ether oxygens (including phenoxy) is 6. The first-order chi connectivity index (χ1) is 35.5. The smallest absolute Gasteiger partial charge is 0.344 e. The molecular weight excluding hydrogens is 946 g/mol. The van der Waals surface area contributed by atoms with Gasteiger partial charge in [0.1, 0.15) is 30.5 Å². The summed E-state index contributed by atoms with van der Waals surface area (Å²) in [4.78, 5) is 53.8.